The number of rotatable bonds is 6. The molecule has 0 aliphatic carbocycles. The fourth-order valence-electron chi connectivity index (χ4n) is 2.45. The molecule has 2 amide bonds. The first-order chi connectivity index (χ1) is 9.87. The standard InChI is InChI=1S/C16H23N3O2/c1-6-13-12(9-15(20)18(8-3)11(4)5)10-19(16(17)21)14(13)7-2/h6-7,10-11H,1-2,8-9H2,3-5H3,(H2,17,21). The maximum atomic E-state index is 12.4. The van der Waals surface area contributed by atoms with Crippen molar-refractivity contribution in [3.05, 3.63) is 36.2 Å². The average Bonchev–Trinajstić information content (AvgIpc) is 2.76. The van der Waals surface area contributed by atoms with Crippen molar-refractivity contribution >= 4 is 24.1 Å². The van der Waals surface area contributed by atoms with Gasteiger partial charge in [0.25, 0.3) is 0 Å². The summed E-state index contributed by atoms with van der Waals surface area (Å²) in [5.74, 6) is 0.00725. The highest BCUT2D eigenvalue weighted by Gasteiger charge is 2.20. The predicted octanol–water partition coefficient (Wildman–Crippen LogP) is 2.50. The summed E-state index contributed by atoms with van der Waals surface area (Å²) in [6.07, 6.45) is 4.94. The van der Waals surface area contributed by atoms with E-state index in [1.165, 1.54) is 10.6 Å². The molecule has 1 heterocycles. The van der Waals surface area contributed by atoms with Gasteiger partial charge in [0.2, 0.25) is 5.91 Å². The first-order valence-corrected chi connectivity index (χ1v) is 6.95. The SMILES string of the molecule is C=Cc1c(CC(=O)N(CC)C(C)C)cn(C(N)=O)c1C=C. The summed E-state index contributed by atoms with van der Waals surface area (Å²) in [6.45, 7) is 14.0. The van der Waals surface area contributed by atoms with E-state index < -0.39 is 6.03 Å². The number of nitrogens with zero attached hydrogens (tertiary/aromatic N) is 2. The molecule has 114 valence electrons. The van der Waals surface area contributed by atoms with Gasteiger partial charge >= 0.3 is 6.03 Å². The number of primary amides is 1. The Labute approximate surface area is 125 Å². The highest BCUT2D eigenvalue weighted by molar-refractivity contribution is 5.85. The summed E-state index contributed by atoms with van der Waals surface area (Å²) in [6, 6.07) is -0.477. The van der Waals surface area contributed by atoms with E-state index >= 15 is 0 Å². The molecule has 0 saturated heterocycles. The minimum absolute atomic E-state index is 0.00725. The summed E-state index contributed by atoms with van der Waals surface area (Å²) < 4.78 is 1.29. The maximum Gasteiger partial charge on any atom is 0.323 e. The van der Waals surface area contributed by atoms with Crippen LogP contribution >= 0.6 is 0 Å². The third-order valence-corrected chi connectivity index (χ3v) is 3.43. The molecule has 1 aromatic rings. The first-order valence-electron chi connectivity index (χ1n) is 6.95. The van der Waals surface area contributed by atoms with Crippen molar-refractivity contribution in [2.24, 2.45) is 5.73 Å². The number of likely N-dealkylation sites (N-methyl/N-ethyl adjacent to an activating group) is 1. The van der Waals surface area contributed by atoms with Gasteiger partial charge in [0.1, 0.15) is 0 Å². The number of nitrogens with two attached hydrogens (primary N) is 1. The quantitative estimate of drug-likeness (QED) is 0.874. The Balaban J connectivity index is 3.19. The van der Waals surface area contributed by atoms with Gasteiger partial charge in [0.15, 0.2) is 0 Å². The molecule has 0 fully saturated rings. The van der Waals surface area contributed by atoms with E-state index in [9.17, 15) is 9.59 Å². The molecule has 0 radical (unpaired) electrons. The minimum Gasteiger partial charge on any atom is -0.351 e. The zero-order valence-electron chi connectivity index (χ0n) is 12.9. The second kappa shape index (κ2) is 6.92. The van der Waals surface area contributed by atoms with E-state index in [0.717, 1.165) is 11.1 Å². The van der Waals surface area contributed by atoms with Crippen LogP contribution in [0.3, 0.4) is 0 Å². The van der Waals surface area contributed by atoms with Gasteiger partial charge < -0.3 is 10.6 Å². The van der Waals surface area contributed by atoms with Gasteiger partial charge in [-0.1, -0.05) is 19.2 Å². The normalized spacial score (nSPS) is 10.5. The van der Waals surface area contributed by atoms with Crippen LogP contribution in [0.5, 0.6) is 0 Å². The van der Waals surface area contributed by atoms with Crippen molar-refractivity contribution in [2.75, 3.05) is 6.54 Å². The second-order valence-electron chi connectivity index (χ2n) is 5.02. The van der Waals surface area contributed by atoms with Crippen LogP contribution in [0.1, 0.15) is 37.6 Å². The lowest BCUT2D eigenvalue weighted by molar-refractivity contribution is -0.131. The van der Waals surface area contributed by atoms with Crippen LogP contribution in [-0.4, -0.2) is 34.0 Å². The summed E-state index contributed by atoms with van der Waals surface area (Å²) in [7, 11) is 0. The third-order valence-electron chi connectivity index (χ3n) is 3.43. The average molecular weight is 289 g/mol. The van der Waals surface area contributed by atoms with Crippen molar-refractivity contribution in [2.45, 2.75) is 33.2 Å². The van der Waals surface area contributed by atoms with E-state index in [0.29, 0.717) is 12.2 Å². The molecule has 0 spiro atoms. The lowest BCUT2D eigenvalue weighted by Gasteiger charge is -2.25. The van der Waals surface area contributed by atoms with E-state index in [1.807, 2.05) is 20.8 Å². The van der Waals surface area contributed by atoms with Crippen LogP contribution in [0, 0.1) is 0 Å². The molecule has 21 heavy (non-hydrogen) atoms. The largest absolute Gasteiger partial charge is 0.351 e. The Morgan fingerprint density at radius 3 is 2.38 bits per heavy atom. The van der Waals surface area contributed by atoms with E-state index in [4.69, 9.17) is 5.73 Å². The number of aromatic nitrogens is 1. The van der Waals surface area contributed by atoms with Crippen LogP contribution in [0.2, 0.25) is 0 Å². The molecular formula is C16H23N3O2. The highest BCUT2D eigenvalue weighted by atomic mass is 16.2. The Morgan fingerprint density at radius 2 is 2.00 bits per heavy atom. The molecule has 0 aromatic carbocycles. The molecular weight excluding hydrogens is 266 g/mol. The van der Waals surface area contributed by atoms with Crippen LogP contribution in [0.4, 0.5) is 4.79 Å². The van der Waals surface area contributed by atoms with Crippen LogP contribution in [-0.2, 0) is 11.2 Å². The molecule has 5 nitrogen and oxygen atoms in total. The lowest BCUT2D eigenvalue weighted by atomic mass is 10.1. The maximum absolute atomic E-state index is 12.4. The number of carbonyl (C=O) groups is 2. The van der Waals surface area contributed by atoms with Crippen LogP contribution < -0.4 is 5.73 Å². The molecule has 0 aliphatic heterocycles. The van der Waals surface area contributed by atoms with Crippen molar-refractivity contribution in [3.63, 3.8) is 0 Å². The van der Waals surface area contributed by atoms with Gasteiger partial charge in [-0.2, -0.15) is 0 Å². The number of hydrogen-bond acceptors (Lipinski definition) is 2. The Kier molecular flexibility index (Phi) is 5.52. The predicted molar refractivity (Wildman–Crippen MR) is 85.8 cm³/mol. The minimum atomic E-state index is -0.608. The number of amides is 2. The second-order valence-corrected chi connectivity index (χ2v) is 5.02. The summed E-state index contributed by atoms with van der Waals surface area (Å²) in [4.78, 5) is 25.6. The Morgan fingerprint density at radius 1 is 1.38 bits per heavy atom. The van der Waals surface area contributed by atoms with Gasteiger partial charge in [0.05, 0.1) is 12.1 Å². The van der Waals surface area contributed by atoms with Gasteiger partial charge in [0, 0.05) is 24.3 Å². The van der Waals surface area contributed by atoms with Crippen LogP contribution in [0.25, 0.3) is 12.2 Å². The monoisotopic (exact) mass is 289 g/mol. The zero-order valence-corrected chi connectivity index (χ0v) is 12.9. The fraction of sp³-hybridized carbons (Fsp3) is 0.375. The van der Waals surface area contributed by atoms with Gasteiger partial charge in [-0.05, 0) is 32.4 Å². The topological polar surface area (TPSA) is 68.3 Å². The van der Waals surface area contributed by atoms with Crippen molar-refractivity contribution in [1.82, 2.24) is 9.47 Å². The molecule has 0 atom stereocenters. The Hall–Kier alpha value is -2.30. The van der Waals surface area contributed by atoms with E-state index in [-0.39, 0.29) is 18.4 Å². The molecule has 2 N–H and O–H groups in total. The van der Waals surface area contributed by atoms with Crippen molar-refractivity contribution < 1.29 is 9.59 Å². The fourth-order valence-corrected chi connectivity index (χ4v) is 2.45. The summed E-state index contributed by atoms with van der Waals surface area (Å²) in [5.41, 5.74) is 7.35. The molecule has 0 saturated carbocycles. The summed E-state index contributed by atoms with van der Waals surface area (Å²) >= 11 is 0. The van der Waals surface area contributed by atoms with Gasteiger partial charge in [-0.15, -0.1) is 0 Å². The first kappa shape index (κ1) is 16.8. The van der Waals surface area contributed by atoms with Gasteiger partial charge in [-0.25, -0.2) is 4.79 Å². The Bertz CT molecular complexity index is 570. The van der Waals surface area contributed by atoms with Crippen LogP contribution in [0.15, 0.2) is 19.4 Å². The van der Waals surface area contributed by atoms with E-state index in [1.54, 1.807) is 17.2 Å². The lowest BCUT2D eigenvalue weighted by Crippen LogP contribution is -2.37. The number of carbonyl (C=O) groups excluding carboxylic acids is 2. The third kappa shape index (κ3) is 3.42. The molecule has 0 aliphatic rings. The molecule has 0 unspecified atom stereocenters. The molecule has 1 rings (SSSR count). The molecule has 1 aromatic heterocycles. The van der Waals surface area contributed by atoms with Crippen molar-refractivity contribution in [1.29, 1.82) is 0 Å². The van der Waals surface area contributed by atoms with E-state index in [2.05, 4.69) is 13.2 Å². The highest BCUT2D eigenvalue weighted by Crippen LogP contribution is 2.21. The van der Waals surface area contributed by atoms with Gasteiger partial charge in [-0.3, -0.25) is 9.36 Å². The number of hydrogen-bond donors (Lipinski definition) is 1. The molecule has 5 heteroatoms. The summed E-state index contributed by atoms with van der Waals surface area (Å²) in [5, 5.41) is 0. The van der Waals surface area contributed by atoms with Crippen molar-refractivity contribution in [3.8, 4) is 0 Å². The zero-order chi connectivity index (χ0) is 16.2. The molecule has 0 bridgehead atoms. The smallest absolute Gasteiger partial charge is 0.323 e.